The van der Waals surface area contributed by atoms with Crippen LogP contribution in [0.25, 0.3) is 0 Å². The lowest BCUT2D eigenvalue weighted by molar-refractivity contribution is 0.595. The summed E-state index contributed by atoms with van der Waals surface area (Å²) in [6, 6.07) is 21.4. The summed E-state index contributed by atoms with van der Waals surface area (Å²) in [6.07, 6.45) is 0. The van der Waals surface area contributed by atoms with Crippen molar-refractivity contribution in [3.8, 4) is 0 Å². The molecule has 3 aromatic carbocycles. The van der Waals surface area contributed by atoms with Crippen molar-refractivity contribution in [2.75, 3.05) is 4.90 Å². The van der Waals surface area contributed by atoms with Crippen molar-refractivity contribution in [2.24, 2.45) is 0 Å². The van der Waals surface area contributed by atoms with Crippen LogP contribution in [0.3, 0.4) is 0 Å². The number of hydrogen-bond acceptors (Lipinski definition) is 3. The number of halogens is 1. The van der Waals surface area contributed by atoms with Gasteiger partial charge >= 0.3 is 0 Å². The van der Waals surface area contributed by atoms with E-state index in [1.54, 1.807) is 36.4 Å². The van der Waals surface area contributed by atoms with Gasteiger partial charge in [0.25, 0.3) is 0 Å². The summed E-state index contributed by atoms with van der Waals surface area (Å²) in [5.41, 5.74) is 2.16. The molecule has 0 spiro atoms. The standard InChI is InChI=1S/C18H12ClNO2S/c19-13-9-11-14(12-10-13)20-15-5-1-3-7-17(15)23(21,22)18-8-4-2-6-16(18)20/h1-12H. The van der Waals surface area contributed by atoms with Crippen LogP contribution >= 0.6 is 11.6 Å². The highest BCUT2D eigenvalue weighted by Gasteiger charge is 2.34. The monoisotopic (exact) mass is 341 g/mol. The summed E-state index contributed by atoms with van der Waals surface area (Å²) in [5.74, 6) is 0. The molecule has 0 saturated heterocycles. The zero-order valence-corrected chi connectivity index (χ0v) is 13.6. The van der Waals surface area contributed by atoms with Crippen LogP contribution in [0.1, 0.15) is 0 Å². The van der Waals surface area contributed by atoms with E-state index in [4.69, 9.17) is 11.6 Å². The highest BCUT2D eigenvalue weighted by atomic mass is 35.5. The molecule has 114 valence electrons. The van der Waals surface area contributed by atoms with E-state index >= 15 is 0 Å². The fourth-order valence-corrected chi connectivity index (χ4v) is 4.60. The number of rotatable bonds is 1. The first-order chi connectivity index (χ1) is 11.1. The van der Waals surface area contributed by atoms with Gasteiger partial charge in [-0.1, -0.05) is 35.9 Å². The fraction of sp³-hybridized carbons (Fsp3) is 0. The molecule has 0 aliphatic carbocycles. The van der Waals surface area contributed by atoms with E-state index in [-0.39, 0.29) is 0 Å². The Morgan fingerprint density at radius 2 is 1.17 bits per heavy atom. The van der Waals surface area contributed by atoms with Gasteiger partial charge in [-0.25, -0.2) is 8.42 Å². The molecule has 1 aliphatic rings. The average molecular weight is 342 g/mol. The molecule has 3 aromatic rings. The molecule has 0 radical (unpaired) electrons. The minimum absolute atomic E-state index is 0.314. The van der Waals surface area contributed by atoms with Gasteiger partial charge < -0.3 is 4.90 Å². The summed E-state index contributed by atoms with van der Waals surface area (Å²) in [7, 11) is -3.52. The normalized spacial score (nSPS) is 14.9. The van der Waals surface area contributed by atoms with Gasteiger partial charge in [-0.15, -0.1) is 0 Å². The molecule has 0 amide bonds. The fourth-order valence-electron chi connectivity index (χ4n) is 2.85. The van der Waals surface area contributed by atoms with Gasteiger partial charge in [0.2, 0.25) is 9.84 Å². The zero-order valence-electron chi connectivity index (χ0n) is 12.0. The van der Waals surface area contributed by atoms with Gasteiger partial charge in [0, 0.05) is 10.7 Å². The van der Waals surface area contributed by atoms with E-state index in [2.05, 4.69) is 0 Å². The molecule has 0 bridgehead atoms. The summed E-state index contributed by atoms with van der Waals surface area (Å²) in [5, 5.41) is 0.639. The van der Waals surface area contributed by atoms with Gasteiger partial charge in [-0.2, -0.15) is 0 Å². The molecule has 0 N–H and O–H groups in total. The Balaban J connectivity index is 2.06. The molecule has 1 heterocycles. The molecule has 4 rings (SSSR count). The minimum atomic E-state index is -3.52. The SMILES string of the molecule is O=S1(=O)c2ccccc2N(c2ccc(Cl)cc2)c2ccccc21. The molecule has 0 unspecified atom stereocenters. The second-order valence-electron chi connectivity index (χ2n) is 5.25. The largest absolute Gasteiger partial charge is 0.308 e. The maximum Gasteiger partial charge on any atom is 0.210 e. The second-order valence-corrected chi connectivity index (χ2v) is 7.57. The summed E-state index contributed by atoms with van der Waals surface area (Å²) in [4.78, 5) is 2.57. The summed E-state index contributed by atoms with van der Waals surface area (Å²) < 4.78 is 25.8. The van der Waals surface area contributed by atoms with Crippen LogP contribution in [0.4, 0.5) is 17.1 Å². The highest BCUT2D eigenvalue weighted by molar-refractivity contribution is 7.92. The number of sulfone groups is 1. The Kier molecular flexibility index (Phi) is 3.18. The maximum absolute atomic E-state index is 12.9. The Morgan fingerprint density at radius 3 is 1.70 bits per heavy atom. The van der Waals surface area contributed by atoms with Crippen LogP contribution in [0, 0.1) is 0 Å². The zero-order chi connectivity index (χ0) is 16.0. The van der Waals surface area contributed by atoms with E-state index in [1.165, 1.54) is 0 Å². The van der Waals surface area contributed by atoms with Crippen molar-refractivity contribution in [2.45, 2.75) is 9.79 Å². The first-order valence-electron chi connectivity index (χ1n) is 7.08. The molecule has 0 saturated carbocycles. The van der Waals surface area contributed by atoms with E-state index in [1.807, 2.05) is 41.3 Å². The first kappa shape index (κ1) is 14.3. The Hall–Kier alpha value is -2.30. The van der Waals surface area contributed by atoms with Gasteiger partial charge in [-0.3, -0.25) is 0 Å². The van der Waals surface area contributed by atoms with Gasteiger partial charge in [0.05, 0.1) is 21.2 Å². The lowest BCUT2D eigenvalue weighted by Gasteiger charge is -2.32. The van der Waals surface area contributed by atoms with Crippen molar-refractivity contribution in [3.05, 3.63) is 77.8 Å². The van der Waals surface area contributed by atoms with E-state index < -0.39 is 9.84 Å². The molecular formula is C18H12ClNO2S. The minimum Gasteiger partial charge on any atom is -0.308 e. The number of hydrogen-bond donors (Lipinski definition) is 0. The van der Waals surface area contributed by atoms with Crippen LogP contribution in [-0.2, 0) is 9.84 Å². The Morgan fingerprint density at radius 1 is 0.696 bits per heavy atom. The lowest BCUT2D eigenvalue weighted by Crippen LogP contribution is -2.21. The van der Waals surface area contributed by atoms with Crippen molar-refractivity contribution in [3.63, 3.8) is 0 Å². The van der Waals surface area contributed by atoms with E-state index in [9.17, 15) is 8.42 Å². The van der Waals surface area contributed by atoms with Crippen LogP contribution in [0.15, 0.2) is 82.6 Å². The van der Waals surface area contributed by atoms with Crippen molar-refractivity contribution in [1.29, 1.82) is 0 Å². The maximum atomic E-state index is 12.9. The molecule has 0 fully saturated rings. The Labute approximate surface area is 139 Å². The molecule has 0 aromatic heterocycles. The predicted molar refractivity (Wildman–Crippen MR) is 91.6 cm³/mol. The third-order valence-electron chi connectivity index (χ3n) is 3.88. The number of anilines is 3. The topological polar surface area (TPSA) is 37.4 Å². The van der Waals surface area contributed by atoms with Gasteiger partial charge in [-0.05, 0) is 48.5 Å². The van der Waals surface area contributed by atoms with Crippen LogP contribution in [0.2, 0.25) is 5.02 Å². The predicted octanol–water partition coefficient (Wildman–Crippen LogP) is 4.96. The molecular weight excluding hydrogens is 330 g/mol. The summed E-state index contributed by atoms with van der Waals surface area (Å²) in [6.45, 7) is 0. The van der Waals surface area contributed by atoms with Crippen LogP contribution in [0.5, 0.6) is 0 Å². The number of benzene rings is 3. The van der Waals surface area contributed by atoms with Gasteiger partial charge in [0.1, 0.15) is 0 Å². The smallest absolute Gasteiger partial charge is 0.210 e. The van der Waals surface area contributed by atoms with Crippen molar-refractivity contribution < 1.29 is 8.42 Å². The summed E-state index contributed by atoms with van der Waals surface area (Å²) >= 11 is 5.98. The third-order valence-corrected chi connectivity index (χ3v) is 5.98. The molecule has 5 heteroatoms. The quantitative estimate of drug-likeness (QED) is 0.491. The van der Waals surface area contributed by atoms with Crippen LogP contribution < -0.4 is 4.90 Å². The van der Waals surface area contributed by atoms with Crippen molar-refractivity contribution >= 4 is 38.5 Å². The number of fused-ring (bicyclic) bond motifs is 2. The highest BCUT2D eigenvalue weighted by Crippen LogP contribution is 2.47. The van der Waals surface area contributed by atoms with E-state index in [0.29, 0.717) is 26.2 Å². The van der Waals surface area contributed by atoms with Crippen LogP contribution in [-0.4, -0.2) is 8.42 Å². The lowest BCUT2D eigenvalue weighted by atomic mass is 10.2. The molecule has 1 aliphatic heterocycles. The number of para-hydroxylation sites is 2. The van der Waals surface area contributed by atoms with Crippen molar-refractivity contribution in [1.82, 2.24) is 0 Å². The molecule has 0 atom stereocenters. The molecule has 23 heavy (non-hydrogen) atoms. The average Bonchev–Trinajstić information content (AvgIpc) is 2.57. The second kappa shape index (κ2) is 5.11. The van der Waals surface area contributed by atoms with E-state index in [0.717, 1.165) is 5.69 Å². The number of nitrogens with zero attached hydrogens (tertiary/aromatic N) is 1. The third kappa shape index (κ3) is 2.14. The molecule has 3 nitrogen and oxygen atoms in total. The van der Waals surface area contributed by atoms with Gasteiger partial charge in [0.15, 0.2) is 0 Å². The Bertz CT molecular complexity index is 944. The first-order valence-corrected chi connectivity index (χ1v) is 8.94.